The van der Waals surface area contributed by atoms with Crippen molar-refractivity contribution < 1.29 is 9.59 Å². The first-order valence-electron chi connectivity index (χ1n) is 10.8. The van der Waals surface area contributed by atoms with E-state index in [1.54, 1.807) is 7.05 Å². The number of nitrogens with zero attached hydrogens (tertiary/aromatic N) is 4. The molecule has 2 aliphatic heterocycles. The van der Waals surface area contributed by atoms with E-state index in [1.165, 1.54) is 12.8 Å². The number of aromatic nitrogens is 2. The van der Waals surface area contributed by atoms with Gasteiger partial charge in [0.1, 0.15) is 5.65 Å². The minimum absolute atomic E-state index is 0.0268. The van der Waals surface area contributed by atoms with Crippen LogP contribution < -0.4 is 5.32 Å². The van der Waals surface area contributed by atoms with Crippen LogP contribution in [-0.4, -0.2) is 63.7 Å². The van der Waals surface area contributed by atoms with E-state index >= 15 is 0 Å². The van der Waals surface area contributed by atoms with Gasteiger partial charge < -0.3 is 14.6 Å². The molecule has 2 aromatic heterocycles. The van der Waals surface area contributed by atoms with E-state index in [1.807, 2.05) is 34.6 Å². The zero-order valence-electron chi connectivity index (χ0n) is 17.5. The average molecular weight is 398 g/mol. The third-order valence-corrected chi connectivity index (χ3v) is 6.24. The van der Waals surface area contributed by atoms with Gasteiger partial charge in [0, 0.05) is 32.9 Å². The molecule has 0 radical (unpaired) electrons. The molecule has 29 heavy (non-hydrogen) atoms. The van der Waals surface area contributed by atoms with E-state index in [9.17, 15) is 9.59 Å². The Hall–Kier alpha value is -2.41. The summed E-state index contributed by atoms with van der Waals surface area (Å²) in [5, 5.41) is 2.78. The number of pyridine rings is 1. The molecule has 2 aliphatic rings. The second-order valence-electron chi connectivity index (χ2n) is 8.29. The Balaban J connectivity index is 1.70. The maximum atomic E-state index is 13.4. The molecular weight excluding hydrogens is 366 g/mol. The summed E-state index contributed by atoms with van der Waals surface area (Å²) in [5.74, 6) is 0.0755. The van der Waals surface area contributed by atoms with Crippen LogP contribution in [0.2, 0.25) is 0 Å². The van der Waals surface area contributed by atoms with Crippen molar-refractivity contribution in [3.8, 4) is 0 Å². The number of likely N-dealkylation sites (N-methyl/N-ethyl adjacent to an activating group) is 1. The lowest BCUT2D eigenvalue weighted by atomic mass is 10.2. The summed E-state index contributed by atoms with van der Waals surface area (Å²) >= 11 is 0. The van der Waals surface area contributed by atoms with Gasteiger partial charge in [-0.05, 0) is 56.8 Å². The van der Waals surface area contributed by atoms with Crippen molar-refractivity contribution in [1.29, 1.82) is 0 Å². The number of amides is 2. The first-order chi connectivity index (χ1) is 14.1. The Labute approximate surface area is 172 Å². The van der Waals surface area contributed by atoms with Crippen LogP contribution in [0.5, 0.6) is 0 Å². The topological polar surface area (TPSA) is 70.0 Å². The van der Waals surface area contributed by atoms with Gasteiger partial charge in [0.15, 0.2) is 5.69 Å². The van der Waals surface area contributed by atoms with Gasteiger partial charge in [-0.25, -0.2) is 4.98 Å². The molecule has 0 aliphatic carbocycles. The van der Waals surface area contributed by atoms with Crippen LogP contribution in [0.15, 0.2) is 18.3 Å². The molecule has 0 saturated carbocycles. The molecule has 156 valence electrons. The number of likely N-dealkylation sites (tertiary alicyclic amines) is 2. The number of carbonyl (C=O) groups is 2. The number of hydrogen-bond acceptors (Lipinski definition) is 4. The highest BCUT2D eigenvalue weighted by Gasteiger charge is 2.33. The molecule has 0 bridgehead atoms. The summed E-state index contributed by atoms with van der Waals surface area (Å²) in [6.07, 6.45) is 8.31. The third-order valence-electron chi connectivity index (χ3n) is 6.24. The zero-order chi connectivity index (χ0) is 20.4. The van der Waals surface area contributed by atoms with Crippen LogP contribution in [0.3, 0.4) is 0 Å². The molecule has 1 N–H and O–H groups in total. The molecule has 7 nitrogen and oxygen atoms in total. The van der Waals surface area contributed by atoms with Gasteiger partial charge in [-0.15, -0.1) is 0 Å². The number of aryl methyl sites for hydroxylation is 1. The van der Waals surface area contributed by atoms with E-state index < -0.39 is 0 Å². The Kier molecular flexibility index (Phi) is 5.85. The van der Waals surface area contributed by atoms with Crippen molar-refractivity contribution >= 4 is 17.5 Å². The Morgan fingerprint density at radius 2 is 1.90 bits per heavy atom. The highest BCUT2D eigenvalue weighted by Crippen LogP contribution is 2.24. The number of fused-ring (bicyclic) bond motifs is 1. The molecule has 2 amide bonds. The van der Waals surface area contributed by atoms with Crippen molar-refractivity contribution in [2.45, 2.75) is 58.0 Å². The van der Waals surface area contributed by atoms with Crippen LogP contribution in [0, 0.1) is 6.92 Å². The molecule has 0 aromatic carbocycles. The molecule has 2 aromatic rings. The highest BCUT2D eigenvalue weighted by molar-refractivity contribution is 5.94. The van der Waals surface area contributed by atoms with Crippen molar-refractivity contribution in [3.63, 3.8) is 0 Å². The van der Waals surface area contributed by atoms with Gasteiger partial charge >= 0.3 is 0 Å². The fraction of sp³-hybridized carbons (Fsp3) is 0.591. The molecule has 1 unspecified atom stereocenters. The van der Waals surface area contributed by atoms with E-state index in [0.717, 1.165) is 62.2 Å². The maximum Gasteiger partial charge on any atom is 0.274 e. The van der Waals surface area contributed by atoms with Crippen molar-refractivity contribution in [1.82, 2.24) is 24.5 Å². The second kappa shape index (κ2) is 8.53. The van der Waals surface area contributed by atoms with Crippen molar-refractivity contribution in [2.75, 3.05) is 26.7 Å². The Morgan fingerprint density at radius 1 is 1.14 bits per heavy atom. The monoisotopic (exact) mass is 397 g/mol. The van der Waals surface area contributed by atoms with Crippen LogP contribution in [0.25, 0.3) is 5.65 Å². The lowest BCUT2D eigenvalue weighted by Crippen LogP contribution is -2.42. The van der Waals surface area contributed by atoms with E-state index in [4.69, 9.17) is 4.98 Å². The summed E-state index contributed by atoms with van der Waals surface area (Å²) in [5.41, 5.74) is 3.35. The van der Waals surface area contributed by atoms with E-state index in [0.29, 0.717) is 12.2 Å². The van der Waals surface area contributed by atoms with Crippen LogP contribution >= 0.6 is 0 Å². The number of carbonyl (C=O) groups excluding carboxylic acids is 2. The molecule has 2 saturated heterocycles. The highest BCUT2D eigenvalue weighted by atomic mass is 16.2. The van der Waals surface area contributed by atoms with E-state index in [2.05, 4.69) is 10.2 Å². The first kappa shape index (κ1) is 19.9. The van der Waals surface area contributed by atoms with Gasteiger partial charge in [-0.3, -0.25) is 14.5 Å². The van der Waals surface area contributed by atoms with E-state index in [-0.39, 0.29) is 17.9 Å². The Bertz CT molecular complexity index is 898. The SMILES string of the molecule is CNC(=O)C1CCCN1Cc1c(C(=O)N2CCCCCC2)nc2cc(C)ccn12. The van der Waals surface area contributed by atoms with Crippen molar-refractivity contribution in [2.24, 2.45) is 0 Å². The number of nitrogens with one attached hydrogen (secondary N) is 1. The predicted molar refractivity (Wildman–Crippen MR) is 112 cm³/mol. The van der Waals surface area contributed by atoms with Crippen LogP contribution in [0.1, 0.15) is 60.3 Å². The molecule has 7 heteroatoms. The first-order valence-corrected chi connectivity index (χ1v) is 10.8. The fourth-order valence-corrected chi connectivity index (χ4v) is 4.61. The Morgan fingerprint density at radius 3 is 2.62 bits per heavy atom. The van der Waals surface area contributed by atoms with Crippen LogP contribution in [-0.2, 0) is 11.3 Å². The lowest BCUT2D eigenvalue weighted by molar-refractivity contribution is -0.125. The third kappa shape index (κ3) is 4.01. The summed E-state index contributed by atoms with van der Waals surface area (Å²) < 4.78 is 2.03. The zero-order valence-corrected chi connectivity index (χ0v) is 17.5. The molecule has 2 fully saturated rings. The number of imidazole rings is 1. The molecule has 0 spiro atoms. The summed E-state index contributed by atoms with van der Waals surface area (Å²) in [6.45, 7) is 5.05. The minimum Gasteiger partial charge on any atom is -0.358 e. The number of hydrogen-bond donors (Lipinski definition) is 1. The standard InChI is InChI=1S/C22H31N5O2/c1-16-9-13-27-18(15-26-12-7-8-17(26)21(28)23-2)20(24-19(27)14-16)22(29)25-10-5-3-4-6-11-25/h9,13-14,17H,3-8,10-12,15H2,1-2H3,(H,23,28). The van der Waals surface area contributed by atoms with Gasteiger partial charge in [-0.1, -0.05) is 12.8 Å². The van der Waals surface area contributed by atoms with Gasteiger partial charge in [0.05, 0.1) is 11.7 Å². The molecule has 4 rings (SSSR count). The predicted octanol–water partition coefficient (Wildman–Crippen LogP) is 2.37. The smallest absolute Gasteiger partial charge is 0.274 e. The molecular formula is C22H31N5O2. The average Bonchev–Trinajstić information content (AvgIpc) is 3.21. The van der Waals surface area contributed by atoms with Crippen LogP contribution in [0.4, 0.5) is 0 Å². The second-order valence-corrected chi connectivity index (χ2v) is 8.29. The minimum atomic E-state index is -0.142. The fourth-order valence-electron chi connectivity index (χ4n) is 4.61. The summed E-state index contributed by atoms with van der Waals surface area (Å²) in [6, 6.07) is 3.92. The normalized spacial score (nSPS) is 20.8. The molecule has 1 atom stereocenters. The summed E-state index contributed by atoms with van der Waals surface area (Å²) in [4.78, 5) is 34.6. The largest absolute Gasteiger partial charge is 0.358 e. The lowest BCUT2D eigenvalue weighted by Gasteiger charge is -2.24. The van der Waals surface area contributed by atoms with Gasteiger partial charge in [0.25, 0.3) is 5.91 Å². The van der Waals surface area contributed by atoms with Gasteiger partial charge in [-0.2, -0.15) is 0 Å². The maximum absolute atomic E-state index is 13.4. The van der Waals surface area contributed by atoms with Gasteiger partial charge in [0.2, 0.25) is 5.91 Å². The molecule has 4 heterocycles. The number of rotatable bonds is 4. The quantitative estimate of drug-likeness (QED) is 0.860. The summed E-state index contributed by atoms with van der Waals surface area (Å²) in [7, 11) is 1.68. The van der Waals surface area contributed by atoms with Crippen molar-refractivity contribution in [3.05, 3.63) is 35.3 Å².